The van der Waals surface area contributed by atoms with E-state index in [-0.39, 0.29) is 0 Å². The summed E-state index contributed by atoms with van der Waals surface area (Å²) in [6.07, 6.45) is 1.70. The molecule has 0 spiro atoms. The van der Waals surface area contributed by atoms with E-state index in [2.05, 4.69) is 21.2 Å². The molecule has 1 heterocycles. The summed E-state index contributed by atoms with van der Waals surface area (Å²) < 4.78 is 24.7. The zero-order valence-corrected chi connectivity index (χ0v) is 11.9. The van der Waals surface area contributed by atoms with Crippen molar-refractivity contribution in [2.75, 3.05) is 13.6 Å². The number of nitrogens with one attached hydrogen (secondary N) is 1. The lowest BCUT2D eigenvalue weighted by Gasteiger charge is -2.06. The van der Waals surface area contributed by atoms with Crippen molar-refractivity contribution >= 4 is 31.3 Å². The Bertz CT molecular complexity index is 564. The molecular weight excluding hydrogens is 302 g/mol. The van der Waals surface area contributed by atoms with E-state index in [1.807, 2.05) is 13.1 Å². The number of hydrogen-bond acceptors (Lipinski definition) is 3. The zero-order valence-electron chi connectivity index (χ0n) is 9.53. The Hall–Kier alpha value is -0.650. The molecule has 0 atom stereocenters. The second kappa shape index (κ2) is 4.92. The van der Waals surface area contributed by atoms with Gasteiger partial charge < -0.3 is 5.32 Å². The summed E-state index contributed by atoms with van der Waals surface area (Å²) in [6, 6.07) is 5.30. The molecule has 3 nitrogen and oxygen atoms in total. The lowest BCUT2D eigenvalue weighted by Crippen LogP contribution is -2.07. The lowest BCUT2D eigenvalue weighted by molar-refractivity contribution is 0.605. The molecule has 1 aromatic rings. The second-order valence-electron chi connectivity index (χ2n) is 4.01. The summed E-state index contributed by atoms with van der Waals surface area (Å²) in [4.78, 5) is 0.423. The maximum absolute atomic E-state index is 11.9. The molecular formula is C12H14BrNO2S. The Balaban J connectivity index is 2.38. The molecule has 1 aromatic carbocycles. The van der Waals surface area contributed by atoms with E-state index in [1.165, 1.54) is 5.41 Å². The average molecular weight is 316 g/mol. The highest BCUT2D eigenvalue weighted by atomic mass is 79.9. The van der Waals surface area contributed by atoms with Crippen molar-refractivity contribution < 1.29 is 8.42 Å². The Kier molecular flexibility index (Phi) is 3.70. The van der Waals surface area contributed by atoms with Crippen molar-refractivity contribution in [2.24, 2.45) is 0 Å². The van der Waals surface area contributed by atoms with Gasteiger partial charge >= 0.3 is 0 Å². The van der Waals surface area contributed by atoms with Gasteiger partial charge in [0.1, 0.15) is 0 Å². The Labute approximate surface area is 110 Å². The Morgan fingerprint density at radius 1 is 1.35 bits per heavy atom. The van der Waals surface area contributed by atoms with Gasteiger partial charge in [0.15, 0.2) is 0 Å². The van der Waals surface area contributed by atoms with Crippen LogP contribution in [0.25, 0.3) is 5.57 Å². The standard InChI is InChI=1S/C12H14BrNO2S/c1-14-7-3-4-9-8-17(15,16)11-6-2-5-10(13)12(9)11/h2,5-6,8,14H,3-4,7H2,1H3. The van der Waals surface area contributed by atoms with E-state index >= 15 is 0 Å². The first kappa shape index (κ1) is 12.8. The van der Waals surface area contributed by atoms with Gasteiger partial charge in [-0.05, 0) is 44.1 Å². The van der Waals surface area contributed by atoms with Crippen molar-refractivity contribution in [1.82, 2.24) is 5.32 Å². The van der Waals surface area contributed by atoms with Crippen molar-refractivity contribution in [3.8, 4) is 0 Å². The number of halogens is 1. The number of hydrogen-bond donors (Lipinski definition) is 1. The summed E-state index contributed by atoms with van der Waals surface area (Å²) in [6.45, 7) is 0.886. The minimum absolute atomic E-state index is 0.423. The average Bonchev–Trinajstić information content (AvgIpc) is 2.53. The third-order valence-corrected chi connectivity index (χ3v) is 4.98. The van der Waals surface area contributed by atoms with Crippen LogP contribution in [0.1, 0.15) is 18.4 Å². The quantitative estimate of drug-likeness (QED) is 0.869. The molecule has 2 rings (SSSR count). The van der Waals surface area contributed by atoms with Crippen molar-refractivity contribution in [1.29, 1.82) is 0 Å². The highest BCUT2D eigenvalue weighted by Crippen LogP contribution is 2.39. The predicted octanol–water partition coefficient (Wildman–Crippen LogP) is 2.58. The van der Waals surface area contributed by atoms with Crippen molar-refractivity contribution in [3.05, 3.63) is 33.6 Å². The number of allylic oxidation sites excluding steroid dienone is 1. The Morgan fingerprint density at radius 2 is 2.12 bits per heavy atom. The van der Waals surface area contributed by atoms with Gasteiger partial charge in [-0.3, -0.25) is 0 Å². The van der Waals surface area contributed by atoms with Crippen LogP contribution in [-0.4, -0.2) is 22.0 Å². The van der Waals surface area contributed by atoms with Gasteiger partial charge in [-0.1, -0.05) is 22.0 Å². The molecule has 0 radical (unpaired) electrons. The fourth-order valence-corrected chi connectivity index (χ4v) is 4.29. The molecule has 1 aliphatic rings. The largest absolute Gasteiger partial charge is 0.320 e. The lowest BCUT2D eigenvalue weighted by atomic mass is 10.0. The summed E-state index contributed by atoms with van der Waals surface area (Å²) in [5.41, 5.74) is 1.74. The molecule has 0 fully saturated rings. The fourth-order valence-electron chi connectivity index (χ4n) is 2.00. The number of sulfone groups is 1. The Morgan fingerprint density at radius 3 is 2.82 bits per heavy atom. The van der Waals surface area contributed by atoms with E-state index in [0.29, 0.717) is 4.90 Å². The van der Waals surface area contributed by atoms with E-state index in [4.69, 9.17) is 0 Å². The maximum atomic E-state index is 11.9. The number of benzene rings is 1. The molecule has 1 N–H and O–H groups in total. The number of fused-ring (bicyclic) bond motifs is 1. The van der Waals surface area contributed by atoms with E-state index in [0.717, 1.165) is 35.0 Å². The van der Waals surface area contributed by atoms with Gasteiger partial charge in [0.2, 0.25) is 9.84 Å². The van der Waals surface area contributed by atoms with Crippen LogP contribution in [0.4, 0.5) is 0 Å². The van der Waals surface area contributed by atoms with E-state index in [9.17, 15) is 8.42 Å². The van der Waals surface area contributed by atoms with Crippen molar-refractivity contribution in [3.63, 3.8) is 0 Å². The normalized spacial score (nSPS) is 16.7. The molecule has 0 bridgehead atoms. The SMILES string of the molecule is CNCCCC1=CS(=O)(=O)c2cccc(Br)c21. The summed E-state index contributed by atoms with van der Waals surface area (Å²) >= 11 is 3.43. The van der Waals surface area contributed by atoms with Crippen LogP contribution in [-0.2, 0) is 9.84 Å². The van der Waals surface area contributed by atoms with Gasteiger partial charge in [0, 0.05) is 15.4 Å². The third-order valence-electron chi connectivity index (χ3n) is 2.77. The maximum Gasteiger partial charge on any atom is 0.200 e. The molecule has 0 amide bonds. The minimum Gasteiger partial charge on any atom is -0.320 e. The molecule has 17 heavy (non-hydrogen) atoms. The molecule has 0 aromatic heterocycles. The molecule has 0 saturated heterocycles. The fraction of sp³-hybridized carbons (Fsp3) is 0.333. The van der Waals surface area contributed by atoms with Gasteiger partial charge in [0.25, 0.3) is 0 Å². The second-order valence-corrected chi connectivity index (χ2v) is 6.63. The van der Waals surface area contributed by atoms with Gasteiger partial charge in [0.05, 0.1) is 4.90 Å². The van der Waals surface area contributed by atoms with Crippen LogP contribution in [0.15, 0.2) is 33.0 Å². The third kappa shape index (κ3) is 2.46. The van der Waals surface area contributed by atoms with E-state index in [1.54, 1.807) is 12.1 Å². The van der Waals surface area contributed by atoms with Gasteiger partial charge in [-0.25, -0.2) is 8.42 Å². The number of rotatable bonds is 4. The summed E-state index contributed by atoms with van der Waals surface area (Å²) in [5, 5.41) is 4.46. The molecule has 0 saturated carbocycles. The molecule has 92 valence electrons. The van der Waals surface area contributed by atoms with Crippen molar-refractivity contribution in [2.45, 2.75) is 17.7 Å². The van der Waals surface area contributed by atoms with Gasteiger partial charge in [-0.15, -0.1) is 0 Å². The first-order valence-electron chi connectivity index (χ1n) is 5.45. The first-order valence-corrected chi connectivity index (χ1v) is 7.79. The molecule has 0 unspecified atom stereocenters. The van der Waals surface area contributed by atoms with Crippen LogP contribution < -0.4 is 5.32 Å². The highest BCUT2D eigenvalue weighted by molar-refractivity contribution is 9.10. The summed E-state index contributed by atoms with van der Waals surface area (Å²) in [7, 11) is -1.33. The van der Waals surface area contributed by atoms with Crippen LogP contribution in [0, 0.1) is 0 Å². The molecule has 5 heteroatoms. The monoisotopic (exact) mass is 315 g/mol. The highest BCUT2D eigenvalue weighted by Gasteiger charge is 2.27. The predicted molar refractivity (Wildman–Crippen MR) is 72.5 cm³/mol. The smallest absolute Gasteiger partial charge is 0.200 e. The van der Waals surface area contributed by atoms with Crippen LogP contribution >= 0.6 is 15.9 Å². The molecule has 0 aliphatic carbocycles. The van der Waals surface area contributed by atoms with Crippen LogP contribution in [0.3, 0.4) is 0 Å². The zero-order chi connectivity index (χ0) is 12.5. The first-order chi connectivity index (χ1) is 8.06. The van der Waals surface area contributed by atoms with E-state index < -0.39 is 9.84 Å². The minimum atomic E-state index is -3.23. The van der Waals surface area contributed by atoms with Crippen LogP contribution in [0.2, 0.25) is 0 Å². The summed E-state index contributed by atoms with van der Waals surface area (Å²) in [5.74, 6) is 0. The van der Waals surface area contributed by atoms with Crippen LogP contribution in [0.5, 0.6) is 0 Å². The topological polar surface area (TPSA) is 46.2 Å². The van der Waals surface area contributed by atoms with Gasteiger partial charge in [-0.2, -0.15) is 0 Å². The molecule has 1 aliphatic heterocycles.